The smallest absolute Gasteiger partial charge is 0.380 e. The number of nitrogens with zero attached hydrogens (tertiary/aromatic N) is 1. The first-order valence-corrected chi connectivity index (χ1v) is 12.5. The number of pyridine rings is 1. The van der Waals surface area contributed by atoms with E-state index in [9.17, 15) is 31.5 Å². The zero-order valence-corrected chi connectivity index (χ0v) is 20.1. The number of aliphatic hydroxyl groups is 1. The van der Waals surface area contributed by atoms with Gasteiger partial charge >= 0.3 is 6.18 Å². The zero-order chi connectivity index (χ0) is 25.7. The molecule has 3 rings (SSSR count). The van der Waals surface area contributed by atoms with Gasteiger partial charge in [0, 0.05) is 24.3 Å². The molecule has 7 nitrogen and oxygen atoms in total. The van der Waals surface area contributed by atoms with E-state index in [2.05, 4.69) is 10.3 Å². The molecule has 0 bridgehead atoms. The van der Waals surface area contributed by atoms with Crippen LogP contribution in [0.15, 0.2) is 35.5 Å². The normalized spacial score (nSPS) is 18.2. The number of alkyl halides is 3. The van der Waals surface area contributed by atoms with Crippen molar-refractivity contribution in [2.75, 3.05) is 11.6 Å². The Bertz CT molecular complexity index is 1230. The van der Waals surface area contributed by atoms with Crippen LogP contribution in [0.5, 0.6) is 0 Å². The molecule has 0 spiro atoms. The number of primary amides is 1. The van der Waals surface area contributed by atoms with Crippen LogP contribution >= 0.6 is 0 Å². The van der Waals surface area contributed by atoms with E-state index in [0.29, 0.717) is 16.8 Å². The monoisotopic (exact) mass is 499 g/mol. The highest BCUT2D eigenvalue weighted by Gasteiger charge is 2.57. The molecule has 0 radical (unpaired) electrons. The average molecular weight is 500 g/mol. The lowest BCUT2D eigenvalue weighted by atomic mass is 9.71. The fraction of sp³-hybridized carbons (Fsp3) is 0.478. The van der Waals surface area contributed by atoms with Crippen LogP contribution in [0.2, 0.25) is 0 Å². The number of nitrogens with one attached hydrogen (secondary N) is 1. The van der Waals surface area contributed by atoms with Gasteiger partial charge in [0.25, 0.3) is 0 Å². The standard InChI is InChI=1S/C23H28F3N3O4S/c1-13-5-6-17(16(7-13)20(27)30)21(2,3)12-22(31,23(24,25)26)10-15-8-14-9-19(34(4,32)33)28-11-18(14)29-15/h5-7,9,11,15,29,31H,8,10,12H2,1-4H3,(H2,27,30). The number of carbonyl (C=O) groups is 1. The molecular formula is C23H28F3N3O4S. The topological polar surface area (TPSA) is 122 Å². The van der Waals surface area contributed by atoms with Crippen LogP contribution < -0.4 is 11.1 Å². The first-order valence-electron chi connectivity index (χ1n) is 10.6. The molecule has 1 aromatic carbocycles. The number of nitrogens with two attached hydrogens (primary N) is 1. The molecule has 0 saturated carbocycles. The molecule has 1 amide bonds. The Morgan fingerprint density at radius 3 is 2.47 bits per heavy atom. The molecule has 1 aliphatic heterocycles. The number of sulfone groups is 1. The predicted octanol–water partition coefficient (Wildman–Crippen LogP) is 3.28. The third-order valence-corrected chi connectivity index (χ3v) is 7.17. The minimum atomic E-state index is -4.96. The lowest BCUT2D eigenvalue weighted by Crippen LogP contribution is -2.52. The molecule has 0 saturated heterocycles. The van der Waals surface area contributed by atoms with Gasteiger partial charge in [-0.05, 0) is 48.4 Å². The summed E-state index contributed by atoms with van der Waals surface area (Å²) in [6, 6.07) is 5.29. The minimum Gasteiger partial charge on any atom is -0.380 e. The second kappa shape index (κ2) is 8.53. The number of aromatic nitrogens is 1. The number of hydrogen-bond donors (Lipinski definition) is 3. The average Bonchev–Trinajstić information content (AvgIpc) is 3.06. The van der Waals surface area contributed by atoms with E-state index >= 15 is 0 Å². The Balaban J connectivity index is 1.91. The van der Waals surface area contributed by atoms with Gasteiger partial charge in [0.1, 0.15) is 0 Å². The third kappa shape index (κ3) is 5.20. The zero-order valence-electron chi connectivity index (χ0n) is 19.3. The van der Waals surface area contributed by atoms with Gasteiger partial charge in [-0.15, -0.1) is 0 Å². The fourth-order valence-electron chi connectivity index (χ4n) is 4.61. The van der Waals surface area contributed by atoms with Crippen molar-refractivity contribution in [2.45, 2.75) is 68.3 Å². The summed E-state index contributed by atoms with van der Waals surface area (Å²) in [5, 5.41) is 13.7. The van der Waals surface area contributed by atoms with Gasteiger partial charge in [-0.2, -0.15) is 13.2 Å². The number of halogens is 3. The maximum Gasteiger partial charge on any atom is 0.417 e. The number of carbonyl (C=O) groups excluding carboxylic acids is 1. The number of benzene rings is 1. The number of fused-ring (bicyclic) bond motifs is 1. The minimum absolute atomic E-state index is 0.0935. The highest BCUT2D eigenvalue weighted by atomic mass is 32.2. The molecule has 34 heavy (non-hydrogen) atoms. The number of aryl methyl sites for hydroxylation is 1. The van der Waals surface area contributed by atoms with Gasteiger partial charge in [-0.25, -0.2) is 13.4 Å². The number of rotatable bonds is 7. The summed E-state index contributed by atoms with van der Waals surface area (Å²) in [7, 11) is -3.58. The van der Waals surface area contributed by atoms with Gasteiger partial charge in [-0.3, -0.25) is 4.79 Å². The van der Waals surface area contributed by atoms with Gasteiger partial charge in [0.15, 0.2) is 20.5 Å². The Hall–Kier alpha value is -2.66. The van der Waals surface area contributed by atoms with Crippen molar-refractivity contribution >= 4 is 21.4 Å². The molecule has 186 valence electrons. The lowest BCUT2D eigenvalue weighted by molar-refractivity contribution is -0.270. The maximum absolute atomic E-state index is 14.2. The summed E-state index contributed by atoms with van der Waals surface area (Å²) in [4.78, 5) is 15.8. The van der Waals surface area contributed by atoms with Crippen LogP contribution in [0, 0.1) is 6.92 Å². The van der Waals surface area contributed by atoms with Crippen molar-refractivity contribution in [3.05, 3.63) is 52.7 Å². The fourth-order valence-corrected chi connectivity index (χ4v) is 5.21. The molecule has 0 fully saturated rings. The summed E-state index contributed by atoms with van der Waals surface area (Å²) in [5.41, 5.74) is 3.22. The van der Waals surface area contributed by atoms with Crippen LogP contribution in [-0.2, 0) is 21.7 Å². The van der Waals surface area contributed by atoms with Gasteiger partial charge in [-0.1, -0.05) is 31.5 Å². The number of hydrogen-bond acceptors (Lipinski definition) is 6. The largest absolute Gasteiger partial charge is 0.417 e. The second-order valence-electron chi connectivity index (χ2n) is 9.70. The van der Waals surface area contributed by atoms with Crippen molar-refractivity contribution < 1.29 is 31.5 Å². The third-order valence-electron chi connectivity index (χ3n) is 6.19. The summed E-state index contributed by atoms with van der Waals surface area (Å²) in [6.07, 6.45) is -4.00. The van der Waals surface area contributed by atoms with Crippen LogP contribution in [0.4, 0.5) is 18.9 Å². The van der Waals surface area contributed by atoms with E-state index in [1.54, 1.807) is 19.1 Å². The van der Waals surface area contributed by atoms with E-state index < -0.39 is 51.8 Å². The van der Waals surface area contributed by atoms with Gasteiger partial charge in [0.05, 0.1) is 11.9 Å². The molecule has 2 unspecified atom stereocenters. The molecule has 4 N–H and O–H groups in total. The molecule has 2 heterocycles. The van der Waals surface area contributed by atoms with E-state index in [0.717, 1.165) is 11.8 Å². The molecule has 1 aliphatic rings. The lowest BCUT2D eigenvalue weighted by Gasteiger charge is -2.40. The van der Waals surface area contributed by atoms with E-state index in [1.807, 2.05) is 0 Å². The summed E-state index contributed by atoms with van der Waals surface area (Å²) in [5.74, 6) is -0.760. The molecule has 11 heteroatoms. The van der Waals surface area contributed by atoms with Crippen LogP contribution in [-0.4, -0.2) is 48.5 Å². The molecule has 1 aromatic heterocycles. The van der Waals surface area contributed by atoms with Crippen molar-refractivity contribution in [3.63, 3.8) is 0 Å². The van der Waals surface area contributed by atoms with Crippen molar-refractivity contribution in [1.82, 2.24) is 4.98 Å². The number of amides is 1. The Morgan fingerprint density at radius 2 is 1.91 bits per heavy atom. The van der Waals surface area contributed by atoms with E-state index in [-0.39, 0.29) is 17.0 Å². The van der Waals surface area contributed by atoms with Gasteiger partial charge in [0.2, 0.25) is 5.91 Å². The van der Waals surface area contributed by atoms with Crippen molar-refractivity contribution in [1.29, 1.82) is 0 Å². The SMILES string of the molecule is Cc1ccc(C(C)(C)CC(O)(CC2Cc3cc(S(C)(=O)=O)ncc3N2)C(F)(F)F)c(C(N)=O)c1. The molecule has 2 aromatic rings. The first-order chi connectivity index (χ1) is 15.4. The summed E-state index contributed by atoms with van der Waals surface area (Å²) >= 11 is 0. The Kier molecular flexibility index (Phi) is 6.51. The van der Waals surface area contributed by atoms with Crippen LogP contribution in [0.25, 0.3) is 0 Å². The van der Waals surface area contributed by atoms with Gasteiger partial charge < -0.3 is 16.2 Å². The number of anilines is 1. The van der Waals surface area contributed by atoms with E-state index in [4.69, 9.17) is 5.73 Å². The van der Waals surface area contributed by atoms with Crippen molar-refractivity contribution in [2.24, 2.45) is 5.73 Å². The Labute approximate surface area is 196 Å². The second-order valence-corrected chi connectivity index (χ2v) is 11.7. The molecule has 0 aliphatic carbocycles. The van der Waals surface area contributed by atoms with Crippen LogP contribution in [0.1, 0.15) is 53.7 Å². The highest BCUT2D eigenvalue weighted by molar-refractivity contribution is 7.90. The summed E-state index contributed by atoms with van der Waals surface area (Å²) in [6.45, 7) is 4.79. The van der Waals surface area contributed by atoms with Crippen LogP contribution in [0.3, 0.4) is 0 Å². The maximum atomic E-state index is 14.2. The first kappa shape index (κ1) is 26.0. The predicted molar refractivity (Wildman–Crippen MR) is 121 cm³/mol. The molecule has 2 atom stereocenters. The Morgan fingerprint density at radius 1 is 1.26 bits per heavy atom. The molecular weight excluding hydrogens is 471 g/mol. The van der Waals surface area contributed by atoms with Crippen molar-refractivity contribution in [3.8, 4) is 0 Å². The summed E-state index contributed by atoms with van der Waals surface area (Å²) < 4.78 is 66.2. The highest BCUT2D eigenvalue weighted by Crippen LogP contribution is 2.45. The quantitative estimate of drug-likeness (QED) is 0.537. The van der Waals surface area contributed by atoms with E-state index in [1.165, 1.54) is 32.2 Å².